The molecule has 4 heteroatoms. The molecule has 0 N–H and O–H groups in total. The summed E-state index contributed by atoms with van der Waals surface area (Å²) in [6.45, 7) is 6.19. The Bertz CT molecular complexity index is 503. The third kappa shape index (κ3) is 2.16. The Balaban J connectivity index is 2.48. The molecule has 84 valence electrons. The van der Waals surface area contributed by atoms with E-state index >= 15 is 0 Å². The van der Waals surface area contributed by atoms with Crippen LogP contribution in [-0.4, -0.2) is 14.8 Å². The summed E-state index contributed by atoms with van der Waals surface area (Å²) in [7, 11) is 0. The number of pyridine rings is 1. The number of aromatic nitrogens is 3. The van der Waals surface area contributed by atoms with Crippen molar-refractivity contribution in [1.29, 1.82) is 0 Å². The second-order valence-electron chi connectivity index (χ2n) is 4.06. The first-order valence-corrected chi connectivity index (χ1v) is 6.06. The number of hydrogen-bond acceptors (Lipinski definition) is 2. The molecule has 0 unspecified atom stereocenters. The minimum Gasteiger partial charge on any atom is -0.268 e. The predicted molar refractivity (Wildman–Crippen MR) is 68.3 cm³/mol. The first-order chi connectivity index (χ1) is 7.58. The van der Waals surface area contributed by atoms with E-state index in [2.05, 4.69) is 39.9 Å². The van der Waals surface area contributed by atoms with Crippen LogP contribution in [0.4, 0.5) is 0 Å². The molecule has 2 aromatic heterocycles. The van der Waals surface area contributed by atoms with Gasteiger partial charge in [-0.25, -0.2) is 0 Å². The van der Waals surface area contributed by atoms with Crippen molar-refractivity contribution in [3.63, 3.8) is 0 Å². The van der Waals surface area contributed by atoms with Gasteiger partial charge >= 0.3 is 0 Å². The molecule has 0 saturated heterocycles. The maximum atomic E-state index is 4.53. The van der Waals surface area contributed by atoms with E-state index in [1.807, 2.05) is 36.0 Å². The summed E-state index contributed by atoms with van der Waals surface area (Å²) < 4.78 is 2.92. The molecule has 0 aliphatic rings. The van der Waals surface area contributed by atoms with Gasteiger partial charge in [0.1, 0.15) is 5.69 Å². The van der Waals surface area contributed by atoms with E-state index in [1.165, 1.54) is 0 Å². The number of rotatable bonds is 2. The number of hydrogen-bond donors (Lipinski definition) is 0. The summed E-state index contributed by atoms with van der Waals surface area (Å²) in [4.78, 5) is 4.47. The number of aryl methyl sites for hydroxylation is 1. The van der Waals surface area contributed by atoms with E-state index in [9.17, 15) is 0 Å². The van der Waals surface area contributed by atoms with E-state index in [0.717, 1.165) is 21.6 Å². The lowest BCUT2D eigenvalue weighted by molar-refractivity contribution is 0.533. The molecule has 0 aliphatic carbocycles. The maximum absolute atomic E-state index is 4.53. The van der Waals surface area contributed by atoms with Gasteiger partial charge in [-0.05, 0) is 48.8 Å². The van der Waals surface area contributed by atoms with Gasteiger partial charge in [-0.1, -0.05) is 6.07 Å². The Morgan fingerprint density at radius 1 is 1.31 bits per heavy atom. The SMILES string of the molecule is Cc1cccc(-c2nn(C(C)C)cc2Br)n1. The quantitative estimate of drug-likeness (QED) is 0.841. The lowest BCUT2D eigenvalue weighted by Gasteiger charge is -2.03. The molecule has 0 aromatic carbocycles. The fourth-order valence-electron chi connectivity index (χ4n) is 1.48. The summed E-state index contributed by atoms with van der Waals surface area (Å²) in [5.41, 5.74) is 2.81. The van der Waals surface area contributed by atoms with Crippen LogP contribution in [0.1, 0.15) is 25.6 Å². The molecular formula is C12H14BrN3. The van der Waals surface area contributed by atoms with Gasteiger partial charge in [-0.15, -0.1) is 0 Å². The Labute approximate surface area is 104 Å². The summed E-state index contributed by atoms with van der Waals surface area (Å²) in [6, 6.07) is 6.31. The van der Waals surface area contributed by atoms with Gasteiger partial charge in [0.25, 0.3) is 0 Å². The molecule has 0 radical (unpaired) electrons. The van der Waals surface area contributed by atoms with Crippen LogP contribution in [-0.2, 0) is 0 Å². The van der Waals surface area contributed by atoms with Crippen LogP contribution in [0.2, 0.25) is 0 Å². The molecule has 0 aliphatic heterocycles. The molecule has 0 bridgehead atoms. The van der Waals surface area contributed by atoms with E-state index in [4.69, 9.17) is 0 Å². The van der Waals surface area contributed by atoms with E-state index in [1.54, 1.807) is 0 Å². The van der Waals surface area contributed by atoms with Gasteiger partial charge in [0, 0.05) is 17.9 Å². The molecule has 3 nitrogen and oxygen atoms in total. The Morgan fingerprint density at radius 3 is 2.62 bits per heavy atom. The van der Waals surface area contributed by atoms with E-state index in [0.29, 0.717) is 6.04 Å². The van der Waals surface area contributed by atoms with Crippen molar-refractivity contribution in [2.45, 2.75) is 26.8 Å². The fourth-order valence-corrected chi connectivity index (χ4v) is 1.97. The normalized spacial score (nSPS) is 11.1. The first-order valence-electron chi connectivity index (χ1n) is 5.26. The third-order valence-electron chi connectivity index (χ3n) is 2.35. The van der Waals surface area contributed by atoms with Crippen LogP contribution in [0.15, 0.2) is 28.9 Å². The number of nitrogens with zero attached hydrogens (tertiary/aromatic N) is 3. The monoisotopic (exact) mass is 279 g/mol. The van der Waals surface area contributed by atoms with Crippen LogP contribution in [0.25, 0.3) is 11.4 Å². The zero-order valence-corrected chi connectivity index (χ0v) is 11.2. The zero-order valence-electron chi connectivity index (χ0n) is 9.61. The summed E-state index contributed by atoms with van der Waals surface area (Å²) in [5, 5.41) is 4.53. The first kappa shape index (κ1) is 11.3. The Morgan fingerprint density at radius 2 is 2.06 bits per heavy atom. The van der Waals surface area contributed by atoms with Crippen LogP contribution < -0.4 is 0 Å². The standard InChI is InChI=1S/C12H14BrN3/c1-8(2)16-7-10(13)12(15-16)11-6-4-5-9(3)14-11/h4-8H,1-3H3. The fraction of sp³-hybridized carbons (Fsp3) is 0.333. The highest BCUT2D eigenvalue weighted by atomic mass is 79.9. The van der Waals surface area contributed by atoms with Crippen LogP contribution in [0.3, 0.4) is 0 Å². The average molecular weight is 280 g/mol. The van der Waals surface area contributed by atoms with Gasteiger partial charge in [-0.3, -0.25) is 9.67 Å². The minimum atomic E-state index is 0.356. The summed E-state index contributed by atoms with van der Waals surface area (Å²) in [5.74, 6) is 0. The average Bonchev–Trinajstić information content (AvgIpc) is 2.60. The lowest BCUT2D eigenvalue weighted by atomic mass is 10.2. The highest BCUT2D eigenvalue weighted by Gasteiger charge is 2.11. The second-order valence-corrected chi connectivity index (χ2v) is 4.92. The maximum Gasteiger partial charge on any atom is 0.125 e. The minimum absolute atomic E-state index is 0.356. The summed E-state index contributed by atoms with van der Waals surface area (Å²) >= 11 is 3.52. The number of halogens is 1. The van der Waals surface area contributed by atoms with Crippen molar-refractivity contribution in [2.75, 3.05) is 0 Å². The van der Waals surface area contributed by atoms with Crippen LogP contribution >= 0.6 is 15.9 Å². The van der Waals surface area contributed by atoms with E-state index < -0.39 is 0 Å². The predicted octanol–water partition coefficient (Wildman–Crippen LogP) is 3.60. The lowest BCUT2D eigenvalue weighted by Crippen LogP contribution is -2.01. The second kappa shape index (κ2) is 4.37. The zero-order chi connectivity index (χ0) is 11.7. The molecule has 2 heterocycles. The van der Waals surface area contributed by atoms with Crippen molar-refractivity contribution in [3.05, 3.63) is 34.6 Å². The highest BCUT2D eigenvalue weighted by molar-refractivity contribution is 9.10. The largest absolute Gasteiger partial charge is 0.268 e. The van der Waals surface area contributed by atoms with Gasteiger partial charge in [-0.2, -0.15) is 5.10 Å². The molecule has 0 amide bonds. The van der Waals surface area contributed by atoms with Gasteiger partial charge < -0.3 is 0 Å². The molecule has 0 saturated carbocycles. The third-order valence-corrected chi connectivity index (χ3v) is 2.93. The molecule has 0 atom stereocenters. The van der Waals surface area contributed by atoms with Crippen molar-refractivity contribution in [2.24, 2.45) is 0 Å². The van der Waals surface area contributed by atoms with Gasteiger partial charge in [0.2, 0.25) is 0 Å². The van der Waals surface area contributed by atoms with Crippen LogP contribution in [0.5, 0.6) is 0 Å². The van der Waals surface area contributed by atoms with Crippen molar-refractivity contribution >= 4 is 15.9 Å². The topological polar surface area (TPSA) is 30.7 Å². The molecule has 16 heavy (non-hydrogen) atoms. The van der Waals surface area contributed by atoms with Crippen molar-refractivity contribution in [3.8, 4) is 11.4 Å². The molecule has 2 rings (SSSR count). The van der Waals surface area contributed by atoms with Gasteiger partial charge in [0.15, 0.2) is 0 Å². The van der Waals surface area contributed by atoms with Crippen molar-refractivity contribution < 1.29 is 0 Å². The highest BCUT2D eigenvalue weighted by Crippen LogP contribution is 2.26. The molecule has 0 fully saturated rings. The Kier molecular flexibility index (Phi) is 3.10. The molecule has 0 spiro atoms. The summed E-state index contributed by atoms with van der Waals surface area (Å²) in [6.07, 6.45) is 1.99. The van der Waals surface area contributed by atoms with Gasteiger partial charge in [0.05, 0.1) is 10.2 Å². The van der Waals surface area contributed by atoms with E-state index in [-0.39, 0.29) is 0 Å². The molecular weight excluding hydrogens is 266 g/mol. The van der Waals surface area contributed by atoms with Crippen molar-refractivity contribution in [1.82, 2.24) is 14.8 Å². The molecule has 2 aromatic rings. The smallest absolute Gasteiger partial charge is 0.125 e. The Hall–Kier alpha value is -1.16. The van der Waals surface area contributed by atoms with Crippen LogP contribution in [0, 0.1) is 6.92 Å².